The Morgan fingerprint density at radius 1 is 1.08 bits per heavy atom. The molecule has 6 heteroatoms. The first-order valence-electron chi connectivity index (χ1n) is 13.2. The normalized spacial score (nSPS) is 19.7. The van der Waals surface area contributed by atoms with Crippen molar-refractivity contribution in [1.29, 1.82) is 5.26 Å². The quantitative estimate of drug-likeness (QED) is 0.373. The van der Waals surface area contributed by atoms with Gasteiger partial charge < -0.3 is 15.0 Å². The molecule has 1 N–H and O–H groups in total. The number of piperazine rings is 1. The van der Waals surface area contributed by atoms with Crippen LogP contribution < -0.4 is 5.32 Å². The van der Waals surface area contributed by atoms with Crippen LogP contribution in [0.1, 0.15) is 43.2 Å². The average molecular weight is 483 g/mol. The first-order valence-corrected chi connectivity index (χ1v) is 13.2. The summed E-state index contributed by atoms with van der Waals surface area (Å²) in [6.07, 6.45) is 6.32. The van der Waals surface area contributed by atoms with Gasteiger partial charge >= 0.3 is 5.97 Å². The van der Waals surface area contributed by atoms with E-state index in [4.69, 9.17) is 9.73 Å². The van der Waals surface area contributed by atoms with Gasteiger partial charge in [-0.25, -0.2) is 9.79 Å². The molecular formula is C30H34N4O2. The van der Waals surface area contributed by atoms with Crippen LogP contribution in [-0.2, 0) is 16.0 Å². The van der Waals surface area contributed by atoms with Crippen LogP contribution >= 0.6 is 0 Å². The van der Waals surface area contributed by atoms with E-state index in [9.17, 15) is 10.1 Å². The van der Waals surface area contributed by atoms with Crippen molar-refractivity contribution in [2.45, 2.75) is 45.4 Å². The van der Waals surface area contributed by atoms with Gasteiger partial charge in [0, 0.05) is 38.2 Å². The Labute approximate surface area is 213 Å². The fraction of sp³-hybridized carbons (Fsp3) is 0.433. The molecule has 2 aromatic carbocycles. The number of nitriles is 1. The number of rotatable bonds is 4. The number of nitrogens with one attached hydrogen (secondary N) is 1. The van der Waals surface area contributed by atoms with E-state index in [1.54, 1.807) is 0 Å². The Morgan fingerprint density at radius 3 is 2.53 bits per heavy atom. The summed E-state index contributed by atoms with van der Waals surface area (Å²) in [5.41, 5.74) is 6.18. The number of esters is 1. The second kappa shape index (κ2) is 11.1. The summed E-state index contributed by atoms with van der Waals surface area (Å²) in [6, 6.07) is 17.0. The van der Waals surface area contributed by atoms with Crippen LogP contribution in [0, 0.1) is 24.2 Å². The second-order valence-electron chi connectivity index (χ2n) is 10.1. The molecule has 1 aliphatic carbocycles. The van der Waals surface area contributed by atoms with Crippen molar-refractivity contribution in [2.24, 2.45) is 10.9 Å². The molecule has 0 radical (unpaired) electrons. The fourth-order valence-electron chi connectivity index (χ4n) is 5.39. The predicted molar refractivity (Wildman–Crippen MR) is 142 cm³/mol. The van der Waals surface area contributed by atoms with Crippen LogP contribution in [0.5, 0.6) is 0 Å². The highest BCUT2D eigenvalue weighted by atomic mass is 16.5. The van der Waals surface area contributed by atoms with Crippen molar-refractivity contribution in [1.82, 2.24) is 10.2 Å². The smallest absolute Gasteiger partial charge is 0.349 e. The molecule has 0 aromatic heterocycles. The van der Waals surface area contributed by atoms with Crippen LogP contribution in [0.3, 0.4) is 0 Å². The number of aliphatic imine (C=N–C) groups is 1. The highest BCUT2D eigenvalue weighted by Crippen LogP contribution is 2.35. The molecular weight excluding hydrogens is 448 g/mol. The lowest BCUT2D eigenvalue weighted by atomic mass is 9.90. The number of hydrogen-bond acceptors (Lipinski definition) is 6. The number of benzene rings is 2. The maximum absolute atomic E-state index is 13.1. The van der Waals surface area contributed by atoms with Crippen LogP contribution in [0.15, 0.2) is 58.6 Å². The van der Waals surface area contributed by atoms with Gasteiger partial charge in [0.15, 0.2) is 0 Å². The highest BCUT2D eigenvalue weighted by molar-refractivity contribution is 6.10. The van der Waals surface area contributed by atoms with Crippen molar-refractivity contribution >= 4 is 17.5 Å². The number of carbonyl (C=O) groups is 1. The third-order valence-electron chi connectivity index (χ3n) is 7.54. The van der Waals surface area contributed by atoms with Gasteiger partial charge in [-0.1, -0.05) is 61.2 Å². The highest BCUT2D eigenvalue weighted by Gasteiger charge is 2.30. The standard InChI is InChI=1S/C30H34N4O2/c1-21-7-9-23(10-8-21)24-11-12-25-17-26(29(33-28(25)18-24)34-15-13-32-14-16-34)27(19-31)30(35)36-20-22-5-3-2-4-6-22/h7-12,18,22,32H,2-6,13-17,20H2,1H3/b27-26+. The van der Waals surface area contributed by atoms with E-state index in [1.807, 2.05) is 0 Å². The Kier molecular flexibility index (Phi) is 7.48. The first-order chi connectivity index (χ1) is 17.6. The van der Waals surface area contributed by atoms with Crippen LogP contribution in [0.2, 0.25) is 0 Å². The van der Waals surface area contributed by atoms with Crippen molar-refractivity contribution < 1.29 is 9.53 Å². The molecule has 6 nitrogen and oxygen atoms in total. The van der Waals surface area contributed by atoms with E-state index in [-0.39, 0.29) is 5.57 Å². The lowest BCUT2D eigenvalue weighted by Gasteiger charge is -2.34. The number of nitrogens with zero attached hydrogens (tertiary/aromatic N) is 3. The SMILES string of the molecule is Cc1ccc(-c2ccc3c(c2)N=C(N2CCNCC2)/C(=C(\C#N)C(=O)OCC2CCCCC2)C3)cc1. The lowest BCUT2D eigenvalue weighted by molar-refractivity contribution is -0.140. The fourth-order valence-corrected chi connectivity index (χ4v) is 5.39. The number of aryl methyl sites for hydroxylation is 1. The summed E-state index contributed by atoms with van der Waals surface area (Å²) < 4.78 is 5.69. The van der Waals surface area contributed by atoms with E-state index in [0.717, 1.165) is 67.2 Å². The van der Waals surface area contributed by atoms with E-state index < -0.39 is 5.97 Å². The van der Waals surface area contributed by atoms with Gasteiger partial charge in [-0.2, -0.15) is 5.26 Å². The zero-order valence-electron chi connectivity index (χ0n) is 21.1. The van der Waals surface area contributed by atoms with Crippen LogP contribution in [-0.4, -0.2) is 49.5 Å². The van der Waals surface area contributed by atoms with Gasteiger partial charge in [-0.15, -0.1) is 0 Å². The summed E-state index contributed by atoms with van der Waals surface area (Å²) in [6.45, 7) is 5.73. The largest absolute Gasteiger partial charge is 0.461 e. The van der Waals surface area contributed by atoms with Gasteiger partial charge in [0.05, 0.1) is 12.3 Å². The topological polar surface area (TPSA) is 77.7 Å². The van der Waals surface area contributed by atoms with Gasteiger partial charge in [-0.3, -0.25) is 0 Å². The molecule has 2 heterocycles. The van der Waals surface area contributed by atoms with Crippen molar-refractivity contribution in [3.05, 3.63) is 64.7 Å². The number of hydrogen-bond donors (Lipinski definition) is 1. The average Bonchev–Trinajstić information content (AvgIpc) is 2.93. The molecule has 186 valence electrons. The monoisotopic (exact) mass is 482 g/mol. The van der Waals surface area contributed by atoms with Crippen molar-refractivity contribution in [3.8, 4) is 17.2 Å². The molecule has 0 bridgehead atoms. The molecule has 3 aliphatic rings. The molecule has 5 rings (SSSR count). The third-order valence-corrected chi connectivity index (χ3v) is 7.54. The first kappa shape index (κ1) is 24.3. The number of fused-ring (bicyclic) bond motifs is 1. The van der Waals surface area contributed by atoms with E-state index in [2.05, 4.69) is 65.7 Å². The van der Waals surface area contributed by atoms with Crippen molar-refractivity contribution in [3.63, 3.8) is 0 Å². The predicted octanol–water partition coefficient (Wildman–Crippen LogP) is 5.10. The molecule has 1 saturated carbocycles. The molecule has 0 unspecified atom stereocenters. The van der Waals surface area contributed by atoms with E-state index in [0.29, 0.717) is 24.5 Å². The molecule has 0 amide bonds. The van der Waals surface area contributed by atoms with Crippen LogP contribution in [0.25, 0.3) is 11.1 Å². The minimum atomic E-state index is -0.513. The Morgan fingerprint density at radius 2 is 1.81 bits per heavy atom. The summed E-state index contributed by atoms with van der Waals surface area (Å²) in [7, 11) is 0. The molecule has 36 heavy (non-hydrogen) atoms. The van der Waals surface area contributed by atoms with E-state index in [1.165, 1.54) is 24.8 Å². The molecule has 2 aliphatic heterocycles. The lowest BCUT2D eigenvalue weighted by Crippen LogP contribution is -2.47. The zero-order valence-corrected chi connectivity index (χ0v) is 21.1. The maximum atomic E-state index is 13.1. The number of amidine groups is 1. The molecule has 1 saturated heterocycles. The molecule has 2 aromatic rings. The van der Waals surface area contributed by atoms with Gasteiger partial charge in [0.2, 0.25) is 0 Å². The Bertz CT molecular complexity index is 1210. The number of carbonyl (C=O) groups excluding carboxylic acids is 1. The minimum Gasteiger partial charge on any atom is -0.461 e. The van der Waals surface area contributed by atoms with Gasteiger partial charge in [0.1, 0.15) is 17.5 Å². The third kappa shape index (κ3) is 5.37. The zero-order chi connectivity index (χ0) is 24.9. The molecule has 2 fully saturated rings. The maximum Gasteiger partial charge on any atom is 0.349 e. The van der Waals surface area contributed by atoms with Crippen molar-refractivity contribution in [2.75, 3.05) is 32.8 Å². The minimum absolute atomic E-state index is 0.0938. The number of ether oxygens (including phenoxy) is 1. The summed E-state index contributed by atoms with van der Waals surface area (Å²) in [5.74, 6) is 0.623. The molecule has 0 atom stereocenters. The van der Waals surface area contributed by atoms with Crippen LogP contribution in [0.4, 0.5) is 5.69 Å². The van der Waals surface area contributed by atoms with E-state index >= 15 is 0 Å². The Hall–Kier alpha value is -3.43. The second-order valence-corrected chi connectivity index (χ2v) is 10.1. The Balaban J connectivity index is 1.48. The summed E-state index contributed by atoms with van der Waals surface area (Å²) >= 11 is 0. The summed E-state index contributed by atoms with van der Waals surface area (Å²) in [4.78, 5) is 20.4. The van der Waals surface area contributed by atoms with Gasteiger partial charge in [0.25, 0.3) is 0 Å². The molecule has 0 spiro atoms. The van der Waals surface area contributed by atoms with Gasteiger partial charge in [-0.05, 0) is 48.4 Å². The summed E-state index contributed by atoms with van der Waals surface area (Å²) in [5, 5.41) is 13.4.